The Morgan fingerprint density at radius 2 is 1.38 bits per heavy atom. The zero-order valence-corrected chi connectivity index (χ0v) is 21.2. The lowest BCUT2D eigenvalue weighted by Crippen LogP contribution is -2.50. The minimum Gasteiger partial charge on any atom is -0.496 e. The summed E-state index contributed by atoms with van der Waals surface area (Å²) in [6.07, 6.45) is 1.58. The number of methoxy groups -OCH3 is 1. The predicted molar refractivity (Wildman–Crippen MR) is 148 cm³/mol. The Morgan fingerprint density at radius 3 is 1.97 bits per heavy atom. The van der Waals surface area contributed by atoms with Crippen molar-refractivity contribution in [3.8, 4) is 5.75 Å². The molecule has 0 aliphatic heterocycles. The maximum absolute atomic E-state index is 13.5. The highest BCUT2D eigenvalue weighted by molar-refractivity contribution is 6.03. The summed E-state index contributed by atoms with van der Waals surface area (Å²) in [5.74, 6) is -0.679. The first-order valence-electron chi connectivity index (χ1n) is 12.3. The molecular formula is C31H31N3O3. The molecule has 0 saturated carbocycles. The number of amides is 2. The minimum atomic E-state index is -0.769. The van der Waals surface area contributed by atoms with Crippen LogP contribution in [0, 0.1) is 5.92 Å². The van der Waals surface area contributed by atoms with Crippen LogP contribution in [-0.2, 0) is 9.59 Å². The summed E-state index contributed by atoms with van der Waals surface area (Å²) < 4.78 is 5.50. The van der Waals surface area contributed by atoms with Gasteiger partial charge in [-0.15, -0.1) is 0 Å². The van der Waals surface area contributed by atoms with Gasteiger partial charge >= 0.3 is 0 Å². The summed E-state index contributed by atoms with van der Waals surface area (Å²) >= 11 is 0. The molecule has 0 aliphatic rings. The molecule has 188 valence electrons. The summed E-state index contributed by atoms with van der Waals surface area (Å²) in [5, 5.41) is 9.18. The fourth-order valence-electron chi connectivity index (χ4n) is 4.37. The number of carbonyl (C=O) groups is 2. The molecule has 2 amide bonds. The van der Waals surface area contributed by atoms with Gasteiger partial charge in [0.2, 0.25) is 5.91 Å². The van der Waals surface area contributed by atoms with Gasteiger partial charge in [-0.25, -0.2) is 5.43 Å². The molecule has 0 bridgehead atoms. The van der Waals surface area contributed by atoms with E-state index in [2.05, 4.69) is 15.8 Å². The van der Waals surface area contributed by atoms with E-state index in [0.29, 0.717) is 5.75 Å². The van der Waals surface area contributed by atoms with Gasteiger partial charge in [-0.1, -0.05) is 105 Å². The third-order valence-electron chi connectivity index (χ3n) is 6.29. The van der Waals surface area contributed by atoms with E-state index >= 15 is 0 Å². The highest BCUT2D eigenvalue weighted by Gasteiger charge is 2.29. The van der Waals surface area contributed by atoms with Crippen LogP contribution in [-0.4, -0.2) is 31.2 Å². The molecule has 0 aliphatic carbocycles. The molecule has 0 unspecified atom stereocenters. The lowest BCUT2D eigenvalue weighted by Gasteiger charge is -2.24. The molecule has 1 atom stereocenters. The number of benzene rings is 4. The molecule has 0 radical (unpaired) electrons. The number of ether oxygens (including phenoxy) is 1. The van der Waals surface area contributed by atoms with Crippen LogP contribution in [0.1, 0.15) is 36.5 Å². The summed E-state index contributed by atoms with van der Waals surface area (Å²) in [4.78, 5) is 26.7. The van der Waals surface area contributed by atoms with Crippen LogP contribution in [0.25, 0.3) is 10.8 Å². The average Bonchev–Trinajstić information content (AvgIpc) is 2.93. The second kappa shape index (κ2) is 12.0. The first-order chi connectivity index (χ1) is 18.0. The zero-order valence-electron chi connectivity index (χ0n) is 21.2. The third-order valence-corrected chi connectivity index (χ3v) is 6.29. The van der Waals surface area contributed by atoms with Gasteiger partial charge in [0.05, 0.1) is 19.2 Å². The topological polar surface area (TPSA) is 79.8 Å². The normalized spacial score (nSPS) is 12.1. The molecule has 4 aromatic rings. The maximum Gasteiger partial charge on any atom is 0.262 e. The summed E-state index contributed by atoms with van der Waals surface area (Å²) in [7, 11) is 1.60. The van der Waals surface area contributed by atoms with Crippen molar-refractivity contribution in [2.24, 2.45) is 11.0 Å². The fraction of sp³-hybridized carbons (Fsp3) is 0.194. The van der Waals surface area contributed by atoms with Crippen LogP contribution in [0.5, 0.6) is 5.75 Å². The first-order valence-corrected chi connectivity index (χ1v) is 12.3. The number of nitrogens with zero attached hydrogens (tertiary/aromatic N) is 1. The van der Waals surface area contributed by atoms with Gasteiger partial charge in [0.1, 0.15) is 11.8 Å². The van der Waals surface area contributed by atoms with Gasteiger partial charge in [-0.3, -0.25) is 9.59 Å². The van der Waals surface area contributed by atoms with Gasteiger partial charge in [0, 0.05) is 5.56 Å². The lowest BCUT2D eigenvalue weighted by molar-refractivity contribution is -0.130. The van der Waals surface area contributed by atoms with Crippen LogP contribution in [0.15, 0.2) is 102 Å². The molecule has 4 rings (SSSR count). The molecule has 37 heavy (non-hydrogen) atoms. The Labute approximate surface area is 217 Å². The molecule has 6 nitrogen and oxygen atoms in total. The highest BCUT2D eigenvalue weighted by Crippen LogP contribution is 2.27. The Kier molecular flexibility index (Phi) is 8.31. The van der Waals surface area contributed by atoms with E-state index < -0.39 is 17.9 Å². The quantitative estimate of drug-likeness (QED) is 0.246. The third kappa shape index (κ3) is 6.04. The zero-order chi connectivity index (χ0) is 26.2. The van der Waals surface area contributed by atoms with Crippen molar-refractivity contribution in [3.05, 3.63) is 114 Å². The molecule has 0 spiro atoms. The predicted octanol–water partition coefficient (Wildman–Crippen LogP) is 5.27. The van der Waals surface area contributed by atoms with Crippen molar-refractivity contribution < 1.29 is 14.3 Å². The summed E-state index contributed by atoms with van der Waals surface area (Å²) in [6.45, 7) is 3.78. The summed E-state index contributed by atoms with van der Waals surface area (Å²) in [6, 6.07) is 30.1. The van der Waals surface area contributed by atoms with Crippen LogP contribution in [0.3, 0.4) is 0 Å². The Morgan fingerprint density at radius 1 is 0.784 bits per heavy atom. The van der Waals surface area contributed by atoms with Crippen LogP contribution >= 0.6 is 0 Å². The van der Waals surface area contributed by atoms with E-state index in [1.807, 2.05) is 111 Å². The van der Waals surface area contributed by atoms with Crippen molar-refractivity contribution in [3.63, 3.8) is 0 Å². The number of fused-ring (bicyclic) bond motifs is 1. The molecule has 0 fully saturated rings. The van der Waals surface area contributed by atoms with Crippen LogP contribution in [0.2, 0.25) is 0 Å². The minimum absolute atomic E-state index is 0.154. The average molecular weight is 494 g/mol. The molecular weight excluding hydrogens is 462 g/mol. The second-order valence-electron chi connectivity index (χ2n) is 9.12. The highest BCUT2D eigenvalue weighted by atomic mass is 16.5. The van der Waals surface area contributed by atoms with E-state index in [-0.39, 0.29) is 11.8 Å². The van der Waals surface area contributed by atoms with E-state index in [1.165, 1.54) is 0 Å². The van der Waals surface area contributed by atoms with E-state index in [9.17, 15) is 9.59 Å². The largest absolute Gasteiger partial charge is 0.496 e. The smallest absolute Gasteiger partial charge is 0.262 e. The van der Waals surface area contributed by atoms with Crippen molar-refractivity contribution in [2.75, 3.05) is 7.11 Å². The van der Waals surface area contributed by atoms with Gasteiger partial charge in [0.25, 0.3) is 5.91 Å². The van der Waals surface area contributed by atoms with Gasteiger partial charge in [-0.05, 0) is 33.9 Å². The maximum atomic E-state index is 13.5. The van der Waals surface area contributed by atoms with Crippen molar-refractivity contribution >= 4 is 28.8 Å². The molecule has 4 aromatic carbocycles. The van der Waals surface area contributed by atoms with E-state index in [0.717, 1.165) is 27.5 Å². The van der Waals surface area contributed by atoms with Gasteiger partial charge in [0.15, 0.2) is 0 Å². The number of nitrogens with one attached hydrogen (secondary N) is 2. The Bertz CT molecular complexity index is 1350. The van der Waals surface area contributed by atoms with E-state index in [1.54, 1.807) is 13.3 Å². The number of rotatable bonds is 9. The number of hydrogen-bond acceptors (Lipinski definition) is 4. The van der Waals surface area contributed by atoms with Crippen molar-refractivity contribution in [1.82, 2.24) is 10.7 Å². The molecule has 0 heterocycles. The molecule has 0 saturated heterocycles. The van der Waals surface area contributed by atoms with Crippen LogP contribution < -0.4 is 15.5 Å². The van der Waals surface area contributed by atoms with Gasteiger partial charge in [-0.2, -0.15) is 5.10 Å². The Balaban J connectivity index is 1.54. The summed E-state index contributed by atoms with van der Waals surface area (Å²) in [5.41, 5.74) is 5.09. The standard InChI is InChI=1S/C31H31N3O3/c1-21(2)29(33-30(35)28(23-13-6-4-7-14-23)24-15-8-5-9-16-24)31(36)34-32-20-26-25-17-11-10-12-22(25)18-19-27(26)37-3/h4-21,28-29H,1-3H3,(H,33,35)(H,34,36)/b32-20-/t29-/m0/s1. The van der Waals surface area contributed by atoms with Crippen LogP contribution in [0.4, 0.5) is 0 Å². The van der Waals surface area contributed by atoms with E-state index in [4.69, 9.17) is 4.74 Å². The fourth-order valence-corrected chi connectivity index (χ4v) is 4.37. The van der Waals surface area contributed by atoms with Crippen molar-refractivity contribution in [1.29, 1.82) is 0 Å². The van der Waals surface area contributed by atoms with Gasteiger partial charge < -0.3 is 10.1 Å². The Hall–Kier alpha value is -4.45. The second-order valence-corrected chi connectivity index (χ2v) is 9.12. The molecule has 0 aromatic heterocycles. The number of hydrazone groups is 1. The monoisotopic (exact) mass is 493 g/mol. The molecule has 6 heteroatoms. The number of hydrogen-bond donors (Lipinski definition) is 2. The lowest BCUT2D eigenvalue weighted by atomic mass is 9.89. The molecule has 2 N–H and O–H groups in total. The van der Waals surface area contributed by atoms with Crippen molar-refractivity contribution in [2.45, 2.75) is 25.8 Å². The number of carbonyl (C=O) groups excluding carboxylic acids is 2. The SMILES string of the molecule is COc1ccc2ccccc2c1/C=N\NC(=O)[C@@H](NC(=O)C(c1ccccc1)c1ccccc1)C(C)C. The first kappa shape index (κ1) is 25.6.